The number of guanidine groups is 1. The number of hydrogen-bond donors (Lipinski definition) is 2. The Morgan fingerprint density at radius 2 is 1.90 bits per heavy atom. The summed E-state index contributed by atoms with van der Waals surface area (Å²) in [6.45, 7) is 13.0. The molecule has 0 aromatic heterocycles. The average Bonchev–Trinajstić information content (AvgIpc) is 2.64. The highest BCUT2D eigenvalue weighted by molar-refractivity contribution is 14.0. The molecule has 1 aliphatic heterocycles. The van der Waals surface area contributed by atoms with Crippen molar-refractivity contribution >= 4 is 41.5 Å². The molecule has 1 aliphatic rings. The van der Waals surface area contributed by atoms with Crippen molar-refractivity contribution in [2.45, 2.75) is 38.8 Å². The largest absolute Gasteiger partial charge is 0.357 e. The van der Waals surface area contributed by atoms with Crippen molar-refractivity contribution in [3.05, 3.63) is 47.0 Å². The van der Waals surface area contributed by atoms with Gasteiger partial charge in [0.2, 0.25) is 0 Å². The molecule has 7 heteroatoms. The van der Waals surface area contributed by atoms with Crippen LogP contribution in [-0.4, -0.2) is 68.6 Å². The number of nitrogens with one attached hydrogen (secondary N) is 2. The summed E-state index contributed by atoms with van der Waals surface area (Å²) in [7, 11) is 4.18. The molecule has 1 atom stereocenters. The summed E-state index contributed by atoms with van der Waals surface area (Å²) in [6.07, 6.45) is 2.26. The van der Waals surface area contributed by atoms with Crippen LogP contribution in [0.4, 0.5) is 0 Å². The highest BCUT2D eigenvalue weighted by Gasteiger charge is 2.20. The van der Waals surface area contributed by atoms with Crippen molar-refractivity contribution in [3.63, 3.8) is 0 Å². The van der Waals surface area contributed by atoms with E-state index >= 15 is 0 Å². The molecule has 2 N–H and O–H groups in total. The van der Waals surface area contributed by atoms with Gasteiger partial charge in [-0.1, -0.05) is 35.9 Å². The van der Waals surface area contributed by atoms with E-state index in [2.05, 4.69) is 67.1 Å². The van der Waals surface area contributed by atoms with Crippen molar-refractivity contribution in [2.75, 3.05) is 46.8 Å². The zero-order chi connectivity index (χ0) is 20.5. The van der Waals surface area contributed by atoms with Crippen LogP contribution >= 0.6 is 35.6 Å². The SMILES string of the molecule is C=C(C)CN1CCC(NC(=NCC(c2ccc(Cl)cc2)N(C)C)NCC)CC1.I. The molecule has 1 fully saturated rings. The lowest BCUT2D eigenvalue weighted by Gasteiger charge is -2.33. The van der Waals surface area contributed by atoms with Gasteiger partial charge in [0.1, 0.15) is 0 Å². The standard InChI is InChI=1S/C22H36ClN5.HI/c1-6-24-22(26-20-11-13-28(14-12-20)16-17(2)3)25-15-21(27(4)5)18-7-9-19(23)10-8-18;/h7-10,20-21H,2,6,11-16H2,1,3-5H3,(H2,24,25,26);1H. The average molecular weight is 534 g/mol. The fraction of sp³-hybridized carbons (Fsp3) is 0.591. The lowest BCUT2D eigenvalue weighted by Crippen LogP contribution is -2.49. The van der Waals surface area contributed by atoms with Crippen LogP contribution in [-0.2, 0) is 0 Å². The quantitative estimate of drug-likeness (QED) is 0.228. The first-order chi connectivity index (χ1) is 13.4. The molecule has 5 nitrogen and oxygen atoms in total. The van der Waals surface area contributed by atoms with Crippen LogP contribution in [0.2, 0.25) is 5.02 Å². The summed E-state index contributed by atoms with van der Waals surface area (Å²) in [5.74, 6) is 0.904. The van der Waals surface area contributed by atoms with Crippen molar-refractivity contribution in [1.29, 1.82) is 0 Å². The molecule has 2 rings (SSSR count). The molecule has 1 aromatic carbocycles. The summed E-state index contributed by atoms with van der Waals surface area (Å²) in [5, 5.41) is 7.80. The number of nitrogens with zero attached hydrogens (tertiary/aromatic N) is 3. The van der Waals surface area contributed by atoms with Crippen LogP contribution in [0.3, 0.4) is 0 Å². The topological polar surface area (TPSA) is 42.9 Å². The number of piperidine rings is 1. The fourth-order valence-corrected chi connectivity index (χ4v) is 3.69. The summed E-state index contributed by atoms with van der Waals surface area (Å²) in [5.41, 5.74) is 2.46. The molecule has 0 bridgehead atoms. The number of benzene rings is 1. The van der Waals surface area contributed by atoms with Gasteiger partial charge in [-0.3, -0.25) is 9.89 Å². The second-order valence-corrected chi connectivity index (χ2v) is 8.34. The van der Waals surface area contributed by atoms with Crippen LogP contribution in [0, 0.1) is 0 Å². The van der Waals surface area contributed by atoms with Gasteiger partial charge in [-0.15, -0.1) is 24.0 Å². The number of rotatable bonds is 8. The second kappa shape index (κ2) is 13.5. The van der Waals surface area contributed by atoms with Crippen molar-refractivity contribution < 1.29 is 0 Å². The molecule has 0 spiro atoms. The zero-order valence-corrected chi connectivity index (χ0v) is 21.3. The fourth-order valence-electron chi connectivity index (χ4n) is 3.56. The minimum atomic E-state index is 0. The zero-order valence-electron chi connectivity index (χ0n) is 18.2. The Labute approximate surface area is 199 Å². The molecule has 0 saturated carbocycles. The third-order valence-electron chi connectivity index (χ3n) is 5.07. The number of hydrogen-bond acceptors (Lipinski definition) is 3. The number of aliphatic imine (C=N–C) groups is 1. The Morgan fingerprint density at radius 3 is 2.41 bits per heavy atom. The highest BCUT2D eigenvalue weighted by atomic mass is 127. The lowest BCUT2D eigenvalue weighted by molar-refractivity contribution is 0.221. The van der Waals surface area contributed by atoms with E-state index in [1.807, 2.05) is 12.1 Å². The molecule has 164 valence electrons. The monoisotopic (exact) mass is 533 g/mol. The molecule has 1 aromatic rings. The van der Waals surface area contributed by atoms with Crippen molar-refractivity contribution in [1.82, 2.24) is 20.4 Å². The Bertz CT molecular complexity index is 639. The molecule has 1 saturated heterocycles. The maximum Gasteiger partial charge on any atom is 0.191 e. The van der Waals surface area contributed by atoms with Gasteiger partial charge in [0.15, 0.2) is 5.96 Å². The molecular formula is C22H37ClIN5. The van der Waals surface area contributed by atoms with Crippen LogP contribution in [0.1, 0.15) is 38.3 Å². The Balaban J connectivity index is 0.00000420. The maximum absolute atomic E-state index is 6.04. The van der Waals surface area contributed by atoms with E-state index in [1.54, 1.807) is 0 Å². The highest BCUT2D eigenvalue weighted by Crippen LogP contribution is 2.21. The van der Waals surface area contributed by atoms with Gasteiger partial charge in [0.05, 0.1) is 12.6 Å². The molecule has 29 heavy (non-hydrogen) atoms. The van der Waals surface area contributed by atoms with E-state index < -0.39 is 0 Å². The number of likely N-dealkylation sites (N-methyl/N-ethyl adjacent to an activating group) is 1. The van der Waals surface area contributed by atoms with Crippen LogP contribution in [0.15, 0.2) is 41.4 Å². The third kappa shape index (κ3) is 9.24. The predicted octanol–water partition coefficient (Wildman–Crippen LogP) is 4.16. The van der Waals surface area contributed by atoms with Crippen LogP contribution < -0.4 is 10.6 Å². The summed E-state index contributed by atoms with van der Waals surface area (Å²) < 4.78 is 0. The maximum atomic E-state index is 6.04. The van der Waals surface area contributed by atoms with Gasteiger partial charge in [0, 0.05) is 37.2 Å². The molecule has 0 radical (unpaired) electrons. The van der Waals surface area contributed by atoms with E-state index in [0.717, 1.165) is 50.0 Å². The first-order valence-corrected chi connectivity index (χ1v) is 10.6. The molecule has 1 heterocycles. The summed E-state index contributed by atoms with van der Waals surface area (Å²) in [4.78, 5) is 9.57. The Kier molecular flexibility index (Phi) is 12.2. The summed E-state index contributed by atoms with van der Waals surface area (Å²) in [6, 6.07) is 8.73. The minimum Gasteiger partial charge on any atom is -0.357 e. The molecule has 1 unspecified atom stereocenters. The molecule has 0 amide bonds. The predicted molar refractivity (Wildman–Crippen MR) is 137 cm³/mol. The van der Waals surface area contributed by atoms with Crippen molar-refractivity contribution in [2.24, 2.45) is 4.99 Å². The van der Waals surface area contributed by atoms with Gasteiger partial charge in [-0.2, -0.15) is 0 Å². The summed E-state index contributed by atoms with van der Waals surface area (Å²) >= 11 is 6.04. The van der Waals surface area contributed by atoms with E-state index in [9.17, 15) is 0 Å². The van der Waals surface area contributed by atoms with Gasteiger partial charge in [-0.05, 0) is 58.5 Å². The second-order valence-electron chi connectivity index (χ2n) is 7.90. The van der Waals surface area contributed by atoms with Crippen LogP contribution in [0.25, 0.3) is 0 Å². The van der Waals surface area contributed by atoms with Gasteiger partial charge >= 0.3 is 0 Å². The van der Waals surface area contributed by atoms with E-state index in [1.165, 1.54) is 11.1 Å². The first kappa shape index (κ1) is 26.2. The van der Waals surface area contributed by atoms with E-state index in [0.29, 0.717) is 12.6 Å². The van der Waals surface area contributed by atoms with E-state index in [4.69, 9.17) is 16.6 Å². The normalized spacial score (nSPS) is 17.0. The van der Waals surface area contributed by atoms with Gasteiger partial charge < -0.3 is 15.5 Å². The minimum absolute atomic E-state index is 0. The smallest absolute Gasteiger partial charge is 0.191 e. The van der Waals surface area contributed by atoms with E-state index in [-0.39, 0.29) is 30.0 Å². The number of likely N-dealkylation sites (tertiary alicyclic amines) is 1. The Morgan fingerprint density at radius 1 is 1.28 bits per heavy atom. The molecule has 0 aliphatic carbocycles. The Hall–Kier alpha value is -0.830. The third-order valence-corrected chi connectivity index (χ3v) is 5.32. The number of halogens is 2. The molecular weight excluding hydrogens is 497 g/mol. The van der Waals surface area contributed by atoms with Gasteiger partial charge in [0.25, 0.3) is 0 Å². The van der Waals surface area contributed by atoms with Crippen LogP contribution in [0.5, 0.6) is 0 Å². The first-order valence-electron chi connectivity index (χ1n) is 10.2. The van der Waals surface area contributed by atoms with Gasteiger partial charge in [-0.25, -0.2) is 0 Å². The van der Waals surface area contributed by atoms with Crippen molar-refractivity contribution in [3.8, 4) is 0 Å². The lowest BCUT2D eigenvalue weighted by atomic mass is 10.0.